The Balaban J connectivity index is 1.05. The molecule has 1 aromatic carbocycles. The zero-order valence-electron chi connectivity index (χ0n) is 51.2. The summed E-state index contributed by atoms with van der Waals surface area (Å²) in [7, 11) is 0. The molecule has 27 atom stereocenters. The first-order chi connectivity index (χ1) is 40.8. The second-order valence-corrected chi connectivity index (χ2v) is 27.8. The first-order valence-corrected chi connectivity index (χ1v) is 30.6. The van der Waals surface area contributed by atoms with Crippen LogP contribution in [0.3, 0.4) is 0 Å². The Morgan fingerprint density at radius 2 is 1.30 bits per heavy atom. The number of carboxylic acid groups (broad SMARTS) is 1. The van der Waals surface area contributed by atoms with Crippen LogP contribution in [-0.4, -0.2) is 216 Å². The van der Waals surface area contributed by atoms with Crippen molar-refractivity contribution in [2.24, 2.45) is 56.2 Å². The molecule has 1 aromatic rings. The van der Waals surface area contributed by atoms with Gasteiger partial charge in [-0.05, 0) is 90.6 Å². The first kappa shape index (κ1) is 67.3. The standard InChI is InChI=1S/C63H92O24/c1-11-29(2)54(78)87-52-51(83-39(68)20-17-31-15-13-12-14-16-31)58(4,5)25-33-32-18-19-37-60(8)23-22-38(59(6,7)36(60)21-24-61(37,9)62(32,10)49(74)50(75)63(33,52)28-66)82-57-48(86-56-44(73)42(71)40(69)34(26-64)80-56)46(79-30(3)67)45(47(85-57)53(76)77)84-55-43(72)41(70)35(27-65)81-55/h12-18,20,29,33-38,40-52,55-57,64-66,69-75H,11,19,21-28H2,1-10H3,(H,76,77)/b20-17+/t29-,33+,34-,35+,36+,37-,38+,40-,41+,42+,43-,44-,45+,46+,47+,48-,49+,50-,51+,52+,55+,56+,57-,60+,61-,62+,63+/m1/s1. The lowest BCUT2D eigenvalue weighted by molar-refractivity contribution is -0.383. The van der Waals surface area contributed by atoms with E-state index in [-0.39, 0.29) is 18.3 Å². The number of ether oxygens (including phenoxy) is 9. The third-order valence-corrected chi connectivity index (χ3v) is 22.4. The van der Waals surface area contributed by atoms with E-state index in [1.807, 2.05) is 71.9 Å². The summed E-state index contributed by atoms with van der Waals surface area (Å²) >= 11 is 0. The minimum absolute atomic E-state index is 0.171. The molecule has 0 aromatic heterocycles. The summed E-state index contributed by atoms with van der Waals surface area (Å²) in [5.74, 6) is -5.61. The number of fused-ring (bicyclic) bond motifs is 7. The van der Waals surface area contributed by atoms with E-state index in [1.165, 1.54) is 6.08 Å². The molecule has 24 nitrogen and oxygen atoms in total. The summed E-state index contributed by atoms with van der Waals surface area (Å²) in [6, 6.07) is 9.15. The molecule has 87 heavy (non-hydrogen) atoms. The van der Waals surface area contributed by atoms with Gasteiger partial charge in [0.15, 0.2) is 43.3 Å². The van der Waals surface area contributed by atoms with Crippen molar-refractivity contribution in [1.82, 2.24) is 0 Å². The molecule has 0 unspecified atom stereocenters. The van der Waals surface area contributed by atoms with Gasteiger partial charge in [0, 0.05) is 23.8 Å². The van der Waals surface area contributed by atoms with Crippen molar-refractivity contribution in [3.63, 3.8) is 0 Å². The Morgan fingerprint density at radius 3 is 1.89 bits per heavy atom. The Morgan fingerprint density at radius 1 is 0.690 bits per heavy atom. The number of aliphatic hydroxyl groups excluding tert-OH is 10. The fraction of sp³-hybridized carbons (Fsp3) is 0.778. The summed E-state index contributed by atoms with van der Waals surface area (Å²) in [4.78, 5) is 54.4. The van der Waals surface area contributed by atoms with Crippen molar-refractivity contribution in [1.29, 1.82) is 0 Å². The van der Waals surface area contributed by atoms with Crippen LogP contribution in [0.25, 0.3) is 6.08 Å². The molecule has 0 spiro atoms. The highest BCUT2D eigenvalue weighted by Gasteiger charge is 2.76. The Hall–Kier alpha value is -4.06. The van der Waals surface area contributed by atoms with Crippen molar-refractivity contribution in [2.45, 2.75) is 231 Å². The maximum Gasteiger partial charge on any atom is 0.335 e. The number of carbonyl (C=O) groups excluding carboxylic acids is 3. The van der Waals surface area contributed by atoms with E-state index in [9.17, 15) is 75.3 Å². The number of allylic oxidation sites excluding steroid dienone is 1. The van der Waals surface area contributed by atoms with E-state index in [1.54, 1.807) is 13.0 Å². The van der Waals surface area contributed by atoms with Gasteiger partial charge in [-0.15, -0.1) is 0 Å². The number of hydrogen-bond acceptors (Lipinski definition) is 23. The zero-order chi connectivity index (χ0) is 63.8. The molecule has 488 valence electrons. The third-order valence-electron chi connectivity index (χ3n) is 22.4. The van der Waals surface area contributed by atoms with Gasteiger partial charge >= 0.3 is 23.9 Å². The molecular formula is C63H92O24. The molecule has 3 aliphatic heterocycles. The van der Waals surface area contributed by atoms with Gasteiger partial charge in [0.2, 0.25) is 0 Å². The van der Waals surface area contributed by atoms with Gasteiger partial charge in [0.1, 0.15) is 54.9 Å². The summed E-state index contributed by atoms with van der Waals surface area (Å²) in [6.07, 6.45) is -24.1. The second kappa shape index (κ2) is 25.2. The molecular weight excluding hydrogens is 1140 g/mol. The largest absolute Gasteiger partial charge is 0.479 e. The average molecular weight is 1230 g/mol. The predicted molar refractivity (Wildman–Crippen MR) is 302 cm³/mol. The third kappa shape index (κ3) is 11.3. The molecule has 9 rings (SSSR count). The maximum atomic E-state index is 14.1. The Labute approximate surface area is 506 Å². The number of benzene rings is 1. The van der Waals surface area contributed by atoms with Crippen LogP contribution < -0.4 is 0 Å². The van der Waals surface area contributed by atoms with Gasteiger partial charge in [-0.1, -0.05) is 104 Å². The predicted octanol–water partition coefficient (Wildman–Crippen LogP) is 1.66. The highest BCUT2D eigenvalue weighted by molar-refractivity contribution is 5.87. The highest BCUT2D eigenvalue weighted by Crippen LogP contribution is 2.76. The fourth-order valence-corrected chi connectivity index (χ4v) is 17.2. The van der Waals surface area contributed by atoms with Crippen LogP contribution in [0.15, 0.2) is 48.1 Å². The molecule has 0 amide bonds. The molecule has 8 aliphatic rings. The molecule has 0 radical (unpaired) electrons. The summed E-state index contributed by atoms with van der Waals surface area (Å²) < 4.78 is 55.4. The Bertz CT molecular complexity index is 2700. The van der Waals surface area contributed by atoms with E-state index in [4.69, 9.17) is 42.6 Å². The maximum absolute atomic E-state index is 14.1. The van der Waals surface area contributed by atoms with Gasteiger partial charge in [0.25, 0.3) is 0 Å². The summed E-state index contributed by atoms with van der Waals surface area (Å²) in [5, 5.41) is 123. The van der Waals surface area contributed by atoms with Crippen LogP contribution in [-0.2, 0) is 61.8 Å². The van der Waals surface area contributed by atoms with Crippen LogP contribution in [0.2, 0.25) is 0 Å². The van der Waals surface area contributed by atoms with Gasteiger partial charge in [-0.25, -0.2) is 9.59 Å². The minimum Gasteiger partial charge on any atom is -0.479 e. The van der Waals surface area contributed by atoms with Crippen molar-refractivity contribution >= 4 is 30.0 Å². The number of aliphatic carboxylic acids is 1. The number of esters is 3. The van der Waals surface area contributed by atoms with Crippen molar-refractivity contribution in [3.8, 4) is 0 Å². The molecule has 4 saturated carbocycles. The molecule has 11 N–H and O–H groups in total. The van der Waals surface area contributed by atoms with Crippen LogP contribution in [0, 0.1) is 56.2 Å². The number of rotatable bonds is 17. The Kier molecular flexibility index (Phi) is 19.5. The minimum atomic E-state index is -2.09. The quantitative estimate of drug-likeness (QED) is 0.0347. The molecule has 7 fully saturated rings. The molecule has 24 heteroatoms. The van der Waals surface area contributed by atoms with Crippen molar-refractivity contribution < 1.29 is 118 Å². The smallest absolute Gasteiger partial charge is 0.335 e. The van der Waals surface area contributed by atoms with E-state index in [2.05, 4.69) is 19.9 Å². The van der Waals surface area contributed by atoms with Crippen molar-refractivity contribution in [3.05, 3.63) is 53.6 Å². The number of hydrogen-bond donors (Lipinski definition) is 11. The van der Waals surface area contributed by atoms with Crippen molar-refractivity contribution in [2.75, 3.05) is 19.8 Å². The normalized spacial score (nSPS) is 46.0. The molecule has 0 bridgehead atoms. The van der Waals surface area contributed by atoms with E-state index < -0.39 is 205 Å². The van der Waals surface area contributed by atoms with E-state index >= 15 is 0 Å². The van der Waals surface area contributed by atoms with Gasteiger partial charge in [-0.2, -0.15) is 0 Å². The lowest BCUT2D eigenvalue weighted by Crippen LogP contribution is -2.76. The second-order valence-electron chi connectivity index (χ2n) is 27.8. The fourth-order valence-electron chi connectivity index (χ4n) is 17.2. The molecule has 5 aliphatic carbocycles. The molecule has 3 saturated heterocycles. The zero-order valence-corrected chi connectivity index (χ0v) is 51.2. The van der Waals surface area contributed by atoms with Crippen LogP contribution in [0.5, 0.6) is 0 Å². The number of aliphatic hydroxyl groups is 10. The van der Waals surface area contributed by atoms with Crippen LogP contribution in [0.4, 0.5) is 0 Å². The SMILES string of the molecule is CC[C@@H](C)C(=O)O[C@H]1[C@H](OC(=O)/C=C/c2ccccc2)C(C)(C)C[C@H]2C3=CC[C@@H]4[C@@]5(C)CC[C@H](O[C@@H]6O[C@H](C(=O)O)[C@@H](O[C@@H]7O[C@@H](CO)[C@H](O)[C@H]7O)[C@H](OC(C)=O)[C@H]6O[C@@H]6O[C@H](CO)[C@@H](O)[C@H](O)[C@H]6O)C(C)(C)[C@@H]5CC[C@@]4(C)[C@]3(C)[C@@H](O)[C@@H](O)[C@]21CO. The van der Waals surface area contributed by atoms with Crippen LogP contribution in [0.1, 0.15) is 120 Å². The lowest BCUT2D eigenvalue weighted by Gasteiger charge is -2.73. The van der Waals surface area contributed by atoms with E-state index in [0.29, 0.717) is 38.5 Å². The van der Waals surface area contributed by atoms with Crippen LogP contribution >= 0.6 is 0 Å². The monoisotopic (exact) mass is 1230 g/mol. The number of carboxylic acids is 1. The first-order valence-electron chi connectivity index (χ1n) is 30.6. The summed E-state index contributed by atoms with van der Waals surface area (Å²) in [5.41, 5.74) is -4.35. The highest BCUT2D eigenvalue weighted by atomic mass is 16.8. The van der Waals surface area contributed by atoms with E-state index in [0.717, 1.165) is 18.1 Å². The number of carbonyl (C=O) groups is 4. The lowest BCUT2D eigenvalue weighted by atomic mass is 9.32. The molecule has 3 heterocycles. The topological polar surface area (TPSA) is 374 Å². The summed E-state index contributed by atoms with van der Waals surface area (Å²) in [6.45, 7) is 16.4. The van der Waals surface area contributed by atoms with Gasteiger partial charge in [0.05, 0.1) is 49.5 Å². The van der Waals surface area contributed by atoms with Gasteiger partial charge in [-0.3, -0.25) is 9.59 Å². The van der Waals surface area contributed by atoms with Gasteiger partial charge < -0.3 is 98.8 Å². The average Bonchev–Trinajstić information content (AvgIpc) is 0.822.